The number of hydrogen-bond donors (Lipinski definition) is 4. The van der Waals surface area contributed by atoms with Gasteiger partial charge in [-0.15, -0.1) is 0 Å². The molecule has 1 aliphatic rings. The lowest BCUT2D eigenvalue weighted by Gasteiger charge is -2.26. The monoisotopic (exact) mass is 419 g/mol. The topological polar surface area (TPSA) is 104 Å². The van der Waals surface area contributed by atoms with Gasteiger partial charge < -0.3 is 30.1 Å². The molecule has 1 atom stereocenters. The van der Waals surface area contributed by atoms with Gasteiger partial charge in [-0.2, -0.15) is 0 Å². The van der Waals surface area contributed by atoms with Gasteiger partial charge in [0, 0.05) is 24.0 Å². The first kappa shape index (κ1) is 19.4. The van der Waals surface area contributed by atoms with Crippen molar-refractivity contribution in [2.24, 2.45) is 0 Å². The molecule has 1 saturated heterocycles. The van der Waals surface area contributed by atoms with Crippen molar-refractivity contribution >= 4 is 27.6 Å². The number of piperidine rings is 1. The number of aromatic amines is 2. The van der Waals surface area contributed by atoms with Crippen LogP contribution in [-0.4, -0.2) is 48.3 Å². The zero-order valence-corrected chi connectivity index (χ0v) is 17.5. The van der Waals surface area contributed by atoms with Crippen molar-refractivity contribution < 1.29 is 9.47 Å². The number of nitrogens with one attached hydrogen (secondary N) is 4. The molecule has 8 nitrogen and oxygen atoms in total. The summed E-state index contributed by atoms with van der Waals surface area (Å²) in [6.07, 6.45) is 2.10. The second-order valence-electron chi connectivity index (χ2n) is 7.75. The maximum atomic E-state index is 13.3. The fraction of sp³-hybridized carbons (Fsp3) is 0.304. The van der Waals surface area contributed by atoms with E-state index in [-0.39, 0.29) is 11.6 Å². The van der Waals surface area contributed by atoms with Gasteiger partial charge in [-0.3, -0.25) is 4.79 Å². The number of fused-ring (bicyclic) bond motifs is 2. The van der Waals surface area contributed by atoms with Crippen LogP contribution in [0.1, 0.15) is 12.8 Å². The van der Waals surface area contributed by atoms with Crippen molar-refractivity contribution in [1.29, 1.82) is 0 Å². The van der Waals surface area contributed by atoms with E-state index in [1.165, 1.54) is 0 Å². The van der Waals surface area contributed by atoms with E-state index in [9.17, 15) is 4.79 Å². The van der Waals surface area contributed by atoms with Gasteiger partial charge in [0.25, 0.3) is 5.56 Å². The molecule has 1 unspecified atom stereocenters. The highest BCUT2D eigenvalue weighted by molar-refractivity contribution is 6.00. The minimum Gasteiger partial charge on any atom is -0.493 e. The van der Waals surface area contributed by atoms with Crippen molar-refractivity contribution in [2.75, 3.05) is 32.6 Å². The van der Waals surface area contributed by atoms with Crippen LogP contribution in [0.15, 0.2) is 41.2 Å². The van der Waals surface area contributed by atoms with Gasteiger partial charge in [0.05, 0.1) is 36.5 Å². The fourth-order valence-electron chi connectivity index (χ4n) is 4.25. The molecule has 8 heteroatoms. The zero-order chi connectivity index (χ0) is 21.4. The summed E-state index contributed by atoms with van der Waals surface area (Å²) in [6.45, 7) is 1.84. The molecule has 0 radical (unpaired) electrons. The highest BCUT2D eigenvalue weighted by atomic mass is 16.5. The summed E-state index contributed by atoms with van der Waals surface area (Å²) < 4.78 is 11.0. The first-order chi connectivity index (χ1) is 15.2. The van der Waals surface area contributed by atoms with E-state index >= 15 is 0 Å². The number of ether oxygens (including phenoxy) is 2. The highest BCUT2D eigenvalue weighted by Crippen LogP contribution is 2.38. The van der Waals surface area contributed by atoms with Gasteiger partial charge in [0.15, 0.2) is 11.5 Å². The maximum absolute atomic E-state index is 13.3. The maximum Gasteiger partial charge on any atom is 0.261 e. The third kappa shape index (κ3) is 3.48. The number of benzene rings is 2. The SMILES string of the molecule is COc1cc2[nH]c(=O)c(-c3nc4ccccc4[nH]3)c(NC3CCCNC3)c2cc1OC. The minimum absolute atomic E-state index is 0.204. The van der Waals surface area contributed by atoms with Crippen LogP contribution in [0.25, 0.3) is 33.3 Å². The Bertz CT molecular complexity index is 1270. The van der Waals surface area contributed by atoms with Crippen LogP contribution >= 0.6 is 0 Å². The van der Waals surface area contributed by atoms with Gasteiger partial charge in [0.2, 0.25) is 0 Å². The summed E-state index contributed by atoms with van der Waals surface area (Å²) in [5.41, 5.74) is 3.39. The van der Waals surface area contributed by atoms with E-state index in [1.807, 2.05) is 30.3 Å². The Morgan fingerprint density at radius 2 is 1.87 bits per heavy atom. The van der Waals surface area contributed by atoms with E-state index in [0.29, 0.717) is 28.4 Å². The highest BCUT2D eigenvalue weighted by Gasteiger charge is 2.23. The lowest BCUT2D eigenvalue weighted by atomic mass is 10.0. The van der Waals surface area contributed by atoms with Crippen molar-refractivity contribution in [2.45, 2.75) is 18.9 Å². The molecule has 0 aliphatic carbocycles. The van der Waals surface area contributed by atoms with Crippen molar-refractivity contribution in [3.05, 3.63) is 46.8 Å². The molecule has 0 bridgehead atoms. The molecule has 160 valence electrons. The molecule has 4 N–H and O–H groups in total. The number of anilines is 1. The van der Waals surface area contributed by atoms with Crippen LogP contribution in [0, 0.1) is 0 Å². The molecule has 5 rings (SSSR count). The molecular formula is C23H25N5O3. The number of pyridine rings is 1. The largest absolute Gasteiger partial charge is 0.493 e. The van der Waals surface area contributed by atoms with Crippen LogP contribution in [0.5, 0.6) is 11.5 Å². The zero-order valence-electron chi connectivity index (χ0n) is 17.5. The van der Waals surface area contributed by atoms with Crippen LogP contribution in [0.3, 0.4) is 0 Å². The molecule has 0 spiro atoms. The Hall–Kier alpha value is -3.52. The van der Waals surface area contributed by atoms with E-state index in [1.54, 1.807) is 20.3 Å². The molecule has 4 aromatic rings. The first-order valence-corrected chi connectivity index (χ1v) is 10.4. The van der Waals surface area contributed by atoms with Crippen LogP contribution in [0.4, 0.5) is 5.69 Å². The summed E-state index contributed by atoms with van der Waals surface area (Å²) in [5.74, 6) is 1.69. The van der Waals surface area contributed by atoms with Gasteiger partial charge >= 0.3 is 0 Å². The molecule has 0 amide bonds. The number of H-pyrrole nitrogens is 2. The molecule has 2 aromatic heterocycles. The summed E-state index contributed by atoms with van der Waals surface area (Å²) in [6, 6.07) is 11.6. The Kier molecular flexibility index (Phi) is 4.99. The lowest BCUT2D eigenvalue weighted by Crippen LogP contribution is -2.38. The molecule has 3 heterocycles. The lowest BCUT2D eigenvalue weighted by molar-refractivity contribution is 0.356. The van der Waals surface area contributed by atoms with E-state index < -0.39 is 0 Å². The molecule has 1 fully saturated rings. The Morgan fingerprint density at radius 3 is 2.61 bits per heavy atom. The predicted octanol–water partition coefficient (Wildman–Crippen LogP) is 3.25. The van der Waals surface area contributed by atoms with Crippen molar-refractivity contribution in [3.63, 3.8) is 0 Å². The van der Waals surface area contributed by atoms with Gasteiger partial charge in [-0.25, -0.2) is 4.98 Å². The van der Waals surface area contributed by atoms with Gasteiger partial charge in [0.1, 0.15) is 11.4 Å². The number of methoxy groups -OCH3 is 2. The third-order valence-corrected chi connectivity index (χ3v) is 5.79. The second kappa shape index (κ2) is 7.96. The average Bonchev–Trinajstić information content (AvgIpc) is 3.22. The van der Waals surface area contributed by atoms with E-state index in [0.717, 1.165) is 48.0 Å². The molecule has 1 aliphatic heterocycles. The number of para-hydroxylation sites is 2. The van der Waals surface area contributed by atoms with Gasteiger partial charge in [-0.1, -0.05) is 12.1 Å². The Labute approximate surface area is 179 Å². The third-order valence-electron chi connectivity index (χ3n) is 5.79. The van der Waals surface area contributed by atoms with Crippen molar-refractivity contribution in [1.82, 2.24) is 20.3 Å². The number of nitrogens with zero attached hydrogens (tertiary/aromatic N) is 1. The minimum atomic E-state index is -0.218. The quantitative estimate of drug-likeness (QED) is 0.396. The van der Waals surface area contributed by atoms with Crippen LogP contribution < -0.4 is 25.7 Å². The Balaban J connectivity index is 1.76. The summed E-state index contributed by atoms with van der Waals surface area (Å²) >= 11 is 0. The number of rotatable bonds is 5. The normalized spacial score (nSPS) is 16.5. The van der Waals surface area contributed by atoms with E-state index in [4.69, 9.17) is 14.5 Å². The van der Waals surface area contributed by atoms with E-state index in [2.05, 4.69) is 20.6 Å². The van der Waals surface area contributed by atoms with Crippen LogP contribution in [-0.2, 0) is 0 Å². The second-order valence-corrected chi connectivity index (χ2v) is 7.75. The fourth-order valence-corrected chi connectivity index (χ4v) is 4.25. The van der Waals surface area contributed by atoms with Crippen LogP contribution in [0.2, 0.25) is 0 Å². The Morgan fingerprint density at radius 1 is 1.06 bits per heavy atom. The predicted molar refractivity (Wildman–Crippen MR) is 122 cm³/mol. The summed E-state index contributed by atoms with van der Waals surface area (Å²) in [5, 5.41) is 7.89. The standard InChI is InChI=1S/C23H25N5O3/c1-30-18-10-14-17(11-19(18)31-2)28-23(29)20(21(14)25-13-6-5-9-24-12-13)22-26-15-7-3-4-8-16(15)27-22/h3-4,7-8,10-11,13,24H,5-6,9,12H2,1-2H3,(H,26,27)(H2,25,28,29). The summed E-state index contributed by atoms with van der Waals surface area (Å²) in [4.78, 5) is 24.3. The summed E-state index contributed by atoms with van der Waals surface area (Å²) in [7, 11) is 3.19. The van der Waals surface area contributed by atoms with Gasteiger partial charge in [-0.05, 0) is 37.6 Å². The number of hydrogen-bond acceptors (Lipinski definition) is 6. The molecular weight excluding hydrogens is 394 g/mol. The molecule has 0 saturated carbocycles. The number of aromatic nitrogens is 3. The van der Waals surface area contributed by atoms with Crippen molar-refractivity contribution in [3.8, 4) is 22.9 Å². The first-order valence-electron chi connectivity index (χ1n) is 10.4. The molecule has 31 heavy (non-hydrogen) atoms. The smallest absolute Gasteiger partial charge is 0.261 e. The molecule has 2 aromatic carbocycles. The average molecular weight is 419 g/mol. The number of imidazole rings is 1.